The maximum Gasteiger partial charge on any atom is 0.282 e. The molecule has 3 aliphatic rings. The molecule has 3 heterocycles. The molecule has 9 heteroatoms. The maximum absolute atomic E-state index is 13.4. The summed E-state index contributed by atoms with van der Waals surface area (Å²) in [6.07, 6.45) is 5.14. The number of aliphatic hydroxyl groups is 1. The third kappa shape index (κ3) is 5.51. The van der Waals surface area contributed by atoms with Crippen LogP contribution in [-0.2, 0) is 0 Å². The number of rotatable bonds is 9. The lowest BCUT2D eigenvalue weighted by Crippen LogP contribution is -2.56. The molecule has 188 valence electrons. The van der Waals surface area contributed by atoms with Gasteiger partial charge in [0, 0.05) is 41.5 Å². The smallest absolute Gasteiger partial charge is 0.282 e. The van der Waals surface area contributed by atoms with E-state index in [0.717, 1.165) is 41.3 Å². The largest absolute Gasteiger partial charge is 0.395 e. The minimum atomic E-state index is -2.64. The van der Waals surface area contributed by atoms with Crippen LogP contribution in [0.15, 0.2) is 36.9 Å². The van der Waals surface area contributed by atoms with E-state index in [0.29, 0.717) is 22.8 Å². The van der Waals surface area contributed by atoms with Crippen LogP contribution in [0.1, 0.15) is 36.8 Å². The van der Waals surface area contributed by atoms with Crippen LogP contribution in [0.3, 0.4) is 0 Å². The van der Waals surface area contributed by atoms with E-state index in [1.165, 1.54) is 37.6 Å². The van der Waals surface area contributed by atoms with Crippen LogP contribution in [0.5, 0.6) is 0 Å². The Morgan fingerprint density at radius 3 is 2.51 bits per heavy atom. The van der Waals surface area contributed by atoms with E-state index in [4.69, 9.17) is 5.11 Å². The van der Waals surface area contributed by atoms with Crippen molar-refractivity contribution in [2.45, 2.75) is 38.5 Å². The van der Waals surface area contributed by atoms with Crippen LogP contribution in [0.2, 0.25) is 0 Å². The van der Waals surface area contributed by atoms with E-state index in [2.05, 4.69) is 38.6 Å². The van der Waals surface area contributed by atoms with E-state index in [1.54, 1.807) is 4.90 Å². The number of pyridine rings is 1. The zero-order valence-corrected chi connectivity index (χ0v) is 20.9. The Balaban J connectivity index is 1.36. The Bertz CT molecular complexity index is 1090. The van der Waals surface area contributed by atoms with Gasteiger partial charge in [0.05, 0.1) is 19.7 Å². The van der Waals surface area contributed by atoms with Crippen molar-refractivity contribution in [2.75, 3.05) is 58.4 Å². The molecule has 1 aliphatic carbocycles. The summed E-state index contributed by atoms with van der Waals surface area (Å²) in [7, 11) is 0. The van der Waals surface area contributed by atoms with Gasteiger partial charge in [-0.1, -0.05) is 18.5 Å². The van der Waals surface area contributed by atoms with Crippen molar-refractivity contribution in [2.24, 2.45) is 5.41 Å². The third-order valence-corrected chi connectivity index (χ3v) is 8.00. The van der Waals surface area contributed by atoms with E-state index >= 15 is 0 Å². The van der Waals surface area contributed by atoms with Crippen molar-refractivity contribution in [3.8, 4) is 0 Å². The fourth-order valence-electron chi connectivity index (χ4n) is 4.96. The zero-order chi connectivity index (χ0) is 24.6. The number of nitrogens with one attached hydrogen (secondary N) is 2. The Morgan fingerprint density at radius 1 is 1.11 bits per heavy atom. The highest BCUT2D eigenvalue weighted by Crippen LogP contribution is 2.54. The molecule has 3 N–H and O–H groups in total. The number of halogens is 2. The third-order valence-electron chi connectivity index (χ3n) is 7.23. The fourth-order valence-corrected chi connectivity index (χ4v) is 5.45. The first kappa shape index (κ1) is 24.2. The fraction of sp³-hybridized carbons (Fsp3) is 0.500. The van der Waals surface area contributed by atoms with Crippen LogP contribution in [-0.4, -0.2) is 54.6 Å². The highest BCUT2D eigenvalue weighted by molar-refractivity contribution is 8.00. The minimum Gasteiger partial charge on any atom is -0.395 e. The van der Waals surface area contributed by atoms with Gasteiger partial charge in [-0.3, -0.25) is 0 Å². The first-order chi connectivity index (χ1) is 16.8. The predicted molar refractivity (Wildman–Crippen MR) is 142 cm³/mol. The van der Waals surface area contributed by atoms with Gasteiger partial charge in [0.2, 0.25) is 0 Å². The number of aryl methyl sites for hydroxylation is 1. The van der Waals surface area contributed by atoms with E-state index in [9.17, 15) is 8.78 Å². The number of aromatic nitrogens is 1. The molecule has 2 saturated heterocycles. The van der Waals surface area contributed by atoms with Gasteiger partial charge in [0.25, 0.3) is 5.92 Å². The van der Waals surface area contributed by atoms with Crippen molar-refractivity contribution < 1.29 is 13.9 Å². The summed E-state index contributed by atoms with van der Waals surface area (Å²) in [6.45, 7) is 7.81. The highest BCUT2D eigenvalue weighted by atomic mass is 32.2. The van der Waals surface area contributed by atoms with Gasteiger partial charge in [0.1, 0.15) is 11.6 Å². The van der Waals surface area contributed by atoms with Crippen LogP contribution in [0, 0.1) is 12.3 Å². The molecule has 2 aromatic rings. The molecule has 2 aliphatic heterocycles. The summed E-state index contributed by atoms with van der Waals surface area (Å²) in [5.41, 5.74) is 5.34. The molecule has 0 atom stereocenters. The first-order valence-electron chi connectivity index (χ1n) is 12.2. The van der Waals surface area contributed by atoms with Gasteiger partial charge in [0.15, 0.2) is 0 Å². The lowest BCUT2D eigenvalue weighted by molar-refractivity contribution is -0.0267. The molecular weight excluding hydrogens is 468 g/mol. The van der Waals surface area contributed by atoms with E-state index in [1.807, 2.05) is 25.1 Å². The van der Waals surface area contributed by atoms with Crippen LogP contribution in [0.4, 0.5) is 31.8 Å². The number of aliphatic hydroxyl groups excluding tert-OH is 1. The molecule has 0 unspecified atom stereocenters. The van der Waals surface area contributed by atoms with Gasteiger partial charge >= 0.3 is 0 Å². The predicted octanol–water partition coefficient (Wildman–Crippen LogP) is 5.36. The summed E-state index contributed by atoms with van der Waals surface area (Å²) in [5, 5.41) is 12.4. The number of anilines is 4. The van der Waals surface area contributed by atoms with Gasteiger partial charge in [-0.25, -0.2) is 13.8 Å². The Hall–Kier alpha value is -2.52. The first-order valence-corrected chi connectivity index (χ1v) is 13.2. The lowest BCUT2D eigenvalue weighted by atomic mass is 9.93. The summed E-state index contributed by atoms with van der Waals surface area (Å²) in [6, 6.07) is 9.96. The molecule has 0 radical (unpaired) electrons. The Morgan fingerprint density at radius 2 is 1.86 bits per heavy atom. The van der Waals surface area contributed by atoms with Crippen molar-refractivity contribution >= 4 is 40.7 Å². The average molecular weight is 502 g/mol. The quantitative estimate of drug-likeness (QED) is 0.316. The molecule has 3 fully saturated rings. The summed E-state index contributed by atoms with van der Waals surface area (Å²) < 4.78 is 30.1. The molecule has 35 heavy (non-hydrogen) atoms. The maximum atomic E-state index is 13.4. The van der Waals surface area contributed by atoms with Crippen LogP contribution >= 0.6 is 11.9 Å². The molecule has 1 aromatic heterocycles. The molecule has 0 amide bonds. The van der Waals surface area contributed by atoms with E-state index in [-0.39, 0.29) is 19.7 Å². The monoisotopic (exact) mass is 501 g/mol. The van der Waals surface area contributed by atoms with Gasteiger partial charge in [-0.15, -0.1) is 0 Å². The second-order valence-corrected chi connectivity index (χ2v) is 11.0. The van der Waals surface area contributed by atoms with E-state index < -0.39 is 5.92 Å². The molecule has 0 bridgehead atoms. The highest BCUT2D eigenvalue weighted by Gasteiger charge is 2.45. The molecule has 1 aromatic carbocycles. The Labute approximate surface area is 209 Å². The second kappa shape index (κ2) is 9.50. The summed E-state index contributed by atoms with van der Waals surface area (Å²) in [5.74, 6) is -0.877. The Kier molecular flexibility index (Phi) is 6.57. The standard InChI is InChI=1S/C26H33F2N5OS/c1-18-13-23(30-24(14-18)33-16-26(27,28)17-33)29-19(2)21-4-3-20(31-35-12-11-34)15-22(21)32-9-7-25(5-6-25)8-10-32/h3-4,13-15,31,34H,2,5-12,16-17H2,1H3,(H,29,30). The van der Waals surface area contributed by atoms with Gasteiger partial charge in [-0.05, 0) is 73.9 Å². The molecule has 6 nitrogen and oxygen atoms in total. The number of piperidine rings is 1. The molecule has 1 spiro atoms. The normalized spacial score (nSPS) is 19.9. The van der Waals surface area contributed by atoms with Crippen molar-refractivity contribution in [3.05, 3.63) is 48.0 Å². The topological polar surface area (TPSA) is 63.7 Å². The van der Waals surface area contributed by atoms with Crippen LogP contribution < -0.4 is 19.8 Å². The summed E-state index contributed by atoms with van der Waals surface area (Å²) in [4.78, 5) is 8.62. The van der Waals surface area contributed by atoms with Crippen molar-refractivity contribution in [1.82, 2.24) is 4.98 Å². The molecule has 5 rings (SSSR count). The summed E-state index contributed by atoms with van der Waals surface area (Å²) >= 11 is 1.48. The number of hydrogen-bond acceptors (Lipinski definition) is 7. The molecular formula is C26H33F2N5OS. The minimum absolute atomic E-state index is 0.123. The average Bonchev–Trinajstić information content (AvgIpc) is 3.56. The number of benzene rings is 1. The van der Waals surface area contributed by atoms with Gasteiger partial charge < -0.3 is 24.9 Å². The SMILES string of the molecule is C=C(Nc1cc(C)cc(N2CC(F)(F)C2)n1)c1ccc(NSCCO)cc1N1CCC2(CC1)CC2. The number of nitrogens with zero attached hydrogens (tertiary/aromatic N) is 3. The van der Waals surface area contributed by atoms with Crippen LogP contribution in [0.25, 0.3) is 5.70 Å². The second-order valence-electron chi connectivity index (χ2n) is 10.1. The van der Waals surface area contributed by atoms with Gasteiger partial charge in [-0.2, -0.15) is 0 Å². The lowest BCUT2D eigenvalue weighted by Gasteiger charge is -2.39. The zero-order valence-electron chi connectivity index (χ0n) is 20.1. The number of alkyl halides is 2. The van der Waals surface area contributed by atoms with Crippen molar-refractivity contribution in [3.63, 3.8) is 0 Å². The van der Waals surface area contributed by atoms with Crippen molar-refractivity contribution in [1.29, 1.82) is 0 Å². The number of hydrogen-bond donors (Lipinski definition) is 3. The molecule has 1 saturated carbocycles.